The lowest BCUT2D eigenvalue weighted by atomic mass is 9.86. The van der Waals surface area contributed by atoms with Crippen molar-refractivity contribution in [2.45, 2.75) is 12.8 Å². The van der Waals surface area contributed by atoms with Gasteiger partial charge >= 0.3 is 5.97 Å². The molecule has 0 saturated carbocycles. The fourth-order valence-corrected chi connectivity index (χ4v) is 2.26. The molecule has 22 heavy (non-hydrogen) atoms. The van der Waals surface area contributed by atoms with Crippen LogP contribution in [-0.4, -0.2) is 22.6 Å². The van der Waals surface area contributed by atoms with Crippen molar-refractivity contribution in [1.82, 2.24) is 0 Å². The minimum absolute atomic E-state index is 0.00319. The topological polar surface area (TPSA) is 71.4 Å². The first kappa shape index (κ1) is 15.6. The number of Topliss-reactive ketones (excluding diaryl/α,β-unsaturated/α-hetero) is 2. The lowest BCUT2D eigenvalue weighted by Crippen LogP contribution is -2.25. The van der Waals surface area contributed by atoms with Crippen LogP contribution in [0.15, 0.2) is 60.7 Å². The summed E-state index contributed by atoms with van der Waals surface area (Å²) in [6.45, 7) is 0. The molecule has 0 aliphatic carbocycles. The number of carboxylic acids is 1. The van der Waals surface area contributed by atoms with Crippen molar-refractivity contribution in [2.24, 2.45) is 5.92 Å². The molecule has 0 saturated heterocycles. The van der Waals surface area contributed by atoms with Crippen LogP contribution in [0.5, 0.6) is 0 Å². The van der Waals surface area contributed by atoms with Gasteiger partial charge in [0.2, 0.25) is 0 Å². The highest BCUT2D eigenvalue weighted by atomic mass is 16.4. The molecule has 112 valence electrons. The Morgan fingerprint density at radius 2 is 1.18 bits per heavy atom. The first-order chi connectivity index (χ1) is 10.6. The van der Waals surface area contributed by atoms with Crippen molar-refractivity contribution in [3.8, 4) is 0 Å². The Bertz CT molecular complexity index is 611. The maximum absolute atomic E-state index is 12.6. The molecule has 1 N–H and O–H groups in total. The van der Waals surface area contributed by atoms with Gasteiger partial charge in [0.05, 0.1) is 5.92 Å². The maximum Gasteiger partial charge on any atom is 0.303 e. The fraction of sp³-hybridized carbons (Fsp3) is 0.167. The molecule has 2 rings (SSSR count). The first-order valence-corrected chi connectivity index (χ1v) is 7.00. The smallest absolute Gasteiger partial charge is 0.303 e. The normalized spacial score (nSPS) is 10.4. The third-order valence-electron chi connectivity index (χ3n) is 3.40. The molecule has 0 amide bonds. The largest absolute Gasteiger partial charge is 0.481 e. The standard InChI is InChI=1S/C18H16O4/c19-16(20)12-11-15(17(21)13-7-3-1-4-8-13)18(22)14-9-5-2-6-10-14/h1-10,15H,11-12H2,(H,19,20). The van der Waals surface area contributed by atoms with Gasteiger partial charge in [-0.15, -0.1) is 0 Å². The second-order valence-corrected chi connectivity index (χ2v) is 4.95. The van der Waals surface area contributed by atoms with Gasteiger partial charge in [0.25, 0.3) is 0 Å². The van der Waals surface area contributed by atoms with Crippen molar-refractivity contribution in [3.63, 3.8) is 0 Å². The second-order valence-electron chi connectivity index (χ2n) is 4.95. The summed E-state index contributed by atoms with van der Waals surface area (Å²) >= 11 is 0. The van der Waals surface area contributed by atoms with Crippen molar-refractivity contribution in [3.05, 3.63) is 71.8 Å². The van der Waals surface area contributed by atoms with E-state index in [0.29, 0.717) is 11.1 Å². The predicted molar refractivity (Wildman–Crippen MR) is 81.9 cm³/mol. The molecule has 0 heterocycles. The van der Waals surface area contributed by atoms with E-state index in [1.165, 1.54) is 0 Å². The number of ketones is 2. The van der Waals surface area contributed by atoms with E-state index in [2.05, 4.69) is 0 Å². The molecular weight excluding hydrogens is 280 g/mol. The van der Waals surface area contributed by atoms with Crippen LogP contribution in [0, 0.1) is 5.92 Å². The van der Waals surface area contributed by atoms with Crippen molar-refractivity contribution in [1.29, 1.82) is 0 Å². The first-order valence-electron chi connectivity index (χ1n) is 7.00. The molecule has 0 unspecified atom stereocenters. The number of rotatable bonds is 7. The molecule has 0 fully saturated rings. The SMILES string of the molecule is O=C(O)CCC(C(=O)c1ccccc1)C(=O)c1ccccc1. The molecule has 0 aliphatic rings. The molecular formula is C18H16O4. The molecule has 0 radical (unpaired) electrons. The average molecular weight is 296 g/mol. The zero-order valence-corrected chi connectivity index (χ0v) is 11.9. The van der Waals surface area contributed by atoms with Crippen molar-refractivity contribution in [2.75, 3.05) is 0 Å². The molecule has 0 aliphatic heterocycles. The summed E-state index contributed by atoms with van der Waals surface area (Å²) in [4.78, 5) is 35.9. The van der Waals surface area contributed by atoms with E-state index in [1.54, 1.807) is 60.7 Å². The van der Waals surface area contributed by atoms with Gasteiger partial charge in [0, 0.05) is 17.5 Å². The summed E-state index contributed by atoms with van der Waals surface area (Å²) in [6, 6.07) is 17.0. The molecule has 2 aromatic carbocycles. The van der Waals surface area contributed by atoms with Gasteiger partial charge in [0.1, 0.15) is 0 Å². The highest BCUT2D eigenvalue weighted by Gasteiger charge is 2.28. The van der Waals surface area contributed by atoms with Crippen LogP contribution in [0.2, 0.25) is 0 Å². The zero-order chi connectivity index (χ0) is 15.9. The number of benzene rings is 2. The van der Waals surface area contributed by atoms with E-state index in [9.17, 15) is 14.4 Å². The Labute approximate surface area is 128 Å². The minimum atomic E-state index is -1.02. The highest BCUT2D eigenvalue weighted by molar-refractivity contribution is 6.16. The number of carbonyl (C=O) groups excluding carboxylic acids is 2. The van der Waals surface area contributed by atoms with Crippen LogP contribution in [-0.2, 0) is 4.79 Å². The number of hydrogen-bond acceptors (Lipinski definition) is 3. The maximum atomic E-state index is 12.6. The van der Waals surface area contributed by atoms with Crippen molar-refractivity contribution < 1.29 is 19.5 Å². The minimum Gasteiger partial charge on any atom is -0.481 e. The lowest BCUT2D eigenvalue weighted by molar-refractivity contribution is -0.137. The van der Waals surface area contributed by atoms with E-state index in [1.807, 2.05) is 0 Å². The Morgan fingerprint density at radius 1 is 0.773 bits per heavy atom. The summed E-state index contributed by atoms with van der Waals surface area (Å²) < 4.78 is 0. The third kappa shape index (κ3) is 3.88. The van der Waals surface area contributed by atoms with Crippen LogP contribution in [0.1, 0.15) is 33.6 Å². The zero-order valence-electron chi connectivity index (χ0n) is 11.9. The Morgan fingerprint density at radius 3 is 1.55 bits per heavy atom. The van der Waals surface area contributed by atoms with Gasteiger partial charge in [0.15, 0.2) is 11.6 Å². The average Bonchev–Trinajstić information content (AvgIpc) is 2.56. The van der Waals surface area contributed by atoms with E-state index in [0.717, 1.165) is 0 Å². The molecule has 0 atom stereocenters. The fourth-order valence-electron chi connectivity index (χ4n) is 2.26. The van der Waals surface area contributed by atoms with Gasteiger partial charge in [-0.2, -0.15) is 0 Å². The molecule has 2 aromatic rings. The number of carboxylic acid groups (broad SMARTS) is 1. The van der Waals surface area contributed by atoms with Crippen LogP contribution < -0.4 is 0 Å². The Hall–Kier alpha value is -2.75. The number of aliphatic carboxylic acids is 1. The summed E-state index contributed by atoms with van der Waals surface area (Å²) in [5, 5.41) is 8.84. The van der Waals surface area contributed by atoms with Gasteiger partial charge < -0.3 is 5.11 Å². The number of carbonyl (C=O) groups is 3. The van der Waals surface area contributed by atoms with Gasteiger partial charge in [-0.25, -0.2) is 0 Å². The van der Waals surface area contributed by atoms with Crippen LogP contribution in [0.25, 0.3) is 0 Å². The Kier molecular flexibility index (Phi) is 5.20. The molecule has 0 bridgehead atoms. The van der Waals surface area contributed by atoms with Crippen molar-refractivity contribution >= 4 is 17.5 Å². The molecule has 0 aromatic heterocycles. The van der Waals surface area contributed by atoms with E-state index >= 15 is 0 Å². The van der Waals surface area contributed by atoms with E-state index in [-0.39, 0.29) is 24.4 Å². The predicted octanol–water partition coefficient (Wildman–Crippen LogP) is 3.23. The monoisotopic (exact) mass is 296 g/mol. The quantitative estimate of drug-likeness (QED) is 0.629. The summed E-state index contributed by atoms with van der Waals surface area (Å²) in [5.41, 5.74) is 0.837. The summed E-state index contributed by atoms with van der Waals surface area (Å²) in [6.07, 6.45) is -0.224. The summed E-state index contributed by atoms with van der Waals surface area (Å²) in [5.74, 6) is -2.67. The molecule has 4 heteroatoms. The van der Waals surface area contributed by atoms with Gasteiger partial charge in [-0.1, -0.05) is 60.7 Å². The second kappa shape index (κ2) is 7.31. The molecule has 4 nitrogen and oxygen atoms in total. The van der Waals surface area contributed by atoms with E-state index < -0.39 is 11.9 Å². The lowest BCUT2D eigenvalue weighted by Gasteiger charge is -2.14. The van der Waals surface area contributed by atoms with Gasteiger partial charge in [-0.3, -0.25) is 14.4 Å². The Balaban J connectivity index is 2.28. The van der Waals surface area contributed by atoms with E-state index in [4.69, 9.17) is 5.11 Å². The molecule has 0 spiro atoms. The number of hydrogen-bond donors (Lipinski definition) is 1. The van der Waals surface area contributed by atoms with Crippen LogP contribution >= 0.6 is 0 Å². The highest BCUT2D eigenvalue weighted by Crippen LogP contribution is 2.20. The van der Waals surface area contributed by atoms with Crippen LogP contribution in [0.4, 0.5) is 0 Å². The third-order valence-corrected chi connectivity index (χ3v) is 3.40. The van der Waals surface area contributed by atoms with Gasteiger partial charge in [-0.05, 0) is 6.42 Å². The van der Waals surface area contributed by atoms with Crippen LogP contribution in [0.3, 0.4) is 0 Å². The summed E-state index contributed by atoms with van der Waals surface area (Å²) in [7, 11) is 0.